The number of ether oxygens (including phenoxy) is 1. The standard InChI is InChI=1S/C15H18N2O3/c1-9-6-12(4-5-19-9)17-15(18)14-8-10-7-11(16)2-3-13(10)20-14/h2-3,7-9,12H,4-6,16H2,1H3,(H,17,18). The lowest BCUT2D eigenvalue weighted by Gasteiger charge is -2.27. The van der Waals surface area contributed by atoms with Gasteiger partial charge in [-0.2, -0.15) is 0 Å². The molecule has 0 saturated carbocycles. The minimum Gasteiger partial charge on any atom is -0.451 e. The maximum Gasteiger partial charge on any atom is 0.287 e. The molecule has 1 amide bonds. The second-order valence-electron chi connectivity index (χ2n) is 5.28. The topological polar surface area (TPSA) is 77.5 Å². The minimum absolute atomic E-state index is 0.143. The van der Waals surface area contributed by atoms with Gasteiger partial charge in [0.15, 0.2) is 5.76 Å². The highest BCUT2D eigenvalue weighted by Crippen LogP contribution is 2.22. The normalized spacial score (nSPS) is 22.9. The molecule has 1 aliphatic rings. The van der Waals surface area contributed by atoms with Gasteiger partial charge in [0.05, 0.1) is 6.10 Å². The Morgan fingerprint density at radius 2 is 2.25 bits per heavy atom. The van der Waals surface area contributed by atoms with Crippen LogP contribution in [0.3, 0.4) is 0 Å². The highest BCUT2D eigenvalue weighted by atomic mass is 16.5. The molecular formula is C15H18N2O3. The molecule has 1 aromatic carbocycles. The van der Waals surface area contributed by atoms with Crippen molar-refractivity contribution in [3.05, 3.63) is 30.0 Å². The van der Waals surface area contributed by atoms with E-state index >= 15 is 0 Å². The fourth-order valence-electron chi connectivity index (χ4n) is 2.56. The van der Waals surface area contributed by atoms with Crippen LogP contribution in [0, 0.1) is 0 Å². The number of nitrogen functional groups attached to an aromatic ring is 1. The summed E-state index contributed by atoms with van der Waals surface area (Å²) in [5, 5.41) is 3.84. The maximum absolute atomic E-state index is 12.2. The third-order valence-corrected chi connectivity index (χ3v) is 3.58. The molecule has 2 aromatic rings. The van der Waals surface area contributed by atoms with Gasteiger partial charge in [-0.15, -0.1) is 0 Å². The first-order valence-electron chi connectivity index (χ1n) is 6.83. The lowest BCUT2D eigenvalue weighted by atomic mass is 10.0. The molecule has 1 aromatic heterocycles. The number of fused-ring (bicyclic) bond motifs is 1. The third kappa shape index (κ3) is 2.63. The van der Waals surface area contributed by atoms with Gasteiger partial charge in [0.25, 0.3) is 5.91 Å². The first-order valence-corrected chi connectivity index (χ1v) is 6.83. The number of nitrogens with two attached hydrogens (primary N) is 1. The summed E-state index contributed by atoms with van der Waals surface area (Å²) in [7, 11) is 0. The predicted molar refractivity (Wildman–Crippen MR) is 76.5 cm³/mol. The summed E-state index contributed by atoms with van der Waals surface area (Å²) in [6.45, 7) is 2.70. The third-order valence-electron chi connectivity index (χ3n) is 3.58. The van der Waals surface area contributed by atoms with Crippen molar-refractivity contribution in [2.45, 2.75) is 31.9 Å². The van der Waals surface area contributed by atoms with Crippen molar-refractivity contribution in [3.8, 4) is 0 Å². The van der Waals surface area contributed by atoms with Crippen LogP contribution in [0.25, 0.3) is 11.0 Å². The molecule has 2 atom stereocenters. The Balaban J connectivity index is 1.75. The molecule has 1 saturated heterocycles. The van der Waals surface area contributed by atoms with E-state index in [0.717, 1.165) is 18.2 Å². The zero-order valence-corrected chi connectivity index (χ0v) is 11.4. The van der Waals surface area contributed by atoms with Gasteiger partial charge in [-0.05, 0) is 44.0 Å². The number of rotatable bonds is 2. The largest absolute Gasteiger partial charge is 0.451 e. The summed E-state index contributed by atoms with van der Waals surface area (Å²) in [5.41, 5.74) is 7.04. The molecule has 106 valence electrons. The zero-order chi connectivity index (χ0) is 14.1. The van der Waals surface area contributed by atoms with E-state index in [1.807, 2.05) is 6.92 Å². The van der Waals surface area contributed by atoms with Crippen LogP contribution in [0.2, 0.25) is 0 Å². The van der Waals surface area contributed by atoms with Gasteiger partial charge >= 0.3 is 0 Å². The molecule has 5 nitrogen and oxygen atoms in total. The number of furan rings is 1. The number of hydrogen-bond acceptors (Lipinski definition) is 4. The van der Waals surface area contributed by atoms with Gasteiger partial charge in [0.1, 0.15) is 5.58 Å². The monoisotopic (exact) mass is 274 g/mol. The number of carbonyl (C=O) groups is 1. The predicted octanol–water partition coefficient (Wildman–Crippen LogP) is 2.31. The van der Waals surface area contributed by atoms with Gasteiger partial charge in [0, 0.05) is 23.7 Å². The lowest BCUT2D eigenvalue weighted by molar-refractivity contribution is 0.0134. The number of nitrogens with one attached hydrogen (secondary N) is 1. The van der Waals surface area contributed by atoms with Gasteiger partial charge < -0.3 is 20.2 Å². The highest BCUT2D eigenvalue weighted by molar-refractivity contribution is 5.96. The Labute approximate surface area is 117 Å². The number of carbonyl (C=O) groups excluding carboxylic acids is 1. The van der Waals surface area contributed by atoms with E-state index in [0.29, 0.717) is 23.6 Å². The van der Waals surface area contributed by atoms with Crippen LogP contribution in [-0.4, -0.2) is 24.7 Å². The summed E-state index contributed by atoms with van der Waals surface area (Å²) in [6, 6.07) is 7.20. The van der Waals surface area contributed by atoms with Crippen LogP contribution in [0.4, 0.5) is 5.69 Å². The number of anilines is 1. The van der Waals surface area contributed by atoms with Gasteiger partial charge in [-0.3, -0.25) is 4.79 Å². The van der Waals surface area contributed by atoms with Gasteiger partial charge in [-0.25, -0.2) is 0 Å². The van der Waals surface area contributed by atoms with Crippen LogP contribution < -0.4 is 11.1 Å². The quantitative estimate of drug-likeness (QED) is 0.824. The van der Waals surface area contributed by atoms with Crippen molar-refractivity contribution in [1.29, 1.82) is 0 Å². The summed E-state index contributed by atoms with van der Waals surface area (Å²) in [6.07, 6.45) is 1.85. The average molecular weight is 274 g/mol. The van der Waals surface area contributed by atoms with Crippen molar-refractivity contribution in [2.75, 3.05) is 12.3 Å². The summed E-state index contributed by atoms with van der Waals surface area (Å²) >= 11 is 0. The SMILES string of the molecule is CC1CC(NC(=O)c2cc3cc(N)ccc3o2)CCO1. The highest BCUT2D eigenvalue weighted by Gasteiger charge is 2.22. The van der Waals surface area contributed by atoms with Crippen LogP contribution in [0.5, 0.6) is 0 Å². The van der Waals surface area contributed by atoms with E-state index in [1.165, 1.54) is 0 Å². The Hall–Kier alpha value is -2.01. The van der Waals surface area contributed by atoms with Crippen molar-refractivity contribution in [2.24, 2.45) is 0 Å². The molecule has 0 aliphatic carbocycles. The first-order chi connectivity index (χ1) is 9.61. The molecule has 3 rings (SSSR count). The van der Waals surface area contributed by atoms with Crippen molar-refractivity contribution in [1.82, 2.24) is 5.32 Å². The molecule has 1 fully saturated rings. The fraction of sp³-hybridized carbons (Fsp3) is 0.400. The Morgan fingerprint density at radius 1 is 1.40 bits per heavy atom. The Kier molecular flexibility index (Phi) is 3.36. The van der Waals surface area contributed by atoms with Crippen molar-refractivity contribution >= 4 is 22.6 Å². The molecule has 20 heavy (non-hydrogen) atoms. The van der Waals surface area contributed by atoms with Crippen LogP contribution >= 0.6 is 0 Å². The second kappa shape index (κ2) is 5.17. The maximum atomic E-state index is 12.2. The van der Waals surface area contributed by atoms with Crippen molar-refractivity contribution < 1.29 is 13.9 Å². The number of benzene rings is 1. The summed E-state index contributed by atoms with van der Waals surface area (Å²) in [5.74, 6) is 0.142. The second-order valence-corrected chi connectivity index (χ2v) is 5.28. The molecular weight excluding hydrogens is 256 g/mol. The van der Waals surface area contributed by atoms with Gasteiger partial charge in [0.2, 0.25) is 0 Å². The molecule has 2 heterocycles. The fourth-order valence-corrected chi connectivity index (χ4v) is 2.56. The lowest BCUT2D eigenvalue weighted by Crippen LogP contribution is -2.41. The first kappa shape index (κ1) is 13.0. The van der Waals surface area contributed by atoms with Gasteiger partial charge in [-0.1, -0.05) is 0 Å². The van der Waals surface area contributed by atoms with Crippen LogP contribution in [0.15, 0.2) is 28.7 Å². The zero-order valence-electron chi connectivity index (χ0n) is 11.4. The van der Waals surface area contributed by atoms with E-state index in [1.54, 1.807) is 24.3 Å². The van der Waals surface area contributed by atoms with E-state index in [4.69, 9.17) is 14.9 Å². The molecule has 1 aliphatic heterocycles. The molecule has 0 radical (unpaired) electrons. The smallest absolute Gasteiger partial charge is 0.287 e. The summed E-state index contributed by atoms with van der Waals surface area (Å²) in [4.78, 5) is 12.2. The van der Waals surface area contributed by atoms with E-state index in [2.05, 4.69) is 5.32 Å². The molecule has 0 spiro atoms. The van der Waals surface area contributed by atoms with Crippen molar-refractivity contribution in [3.63, 3.8) is 0 Å². The molecule has 5 heteroatoms. The van der Waals surface area contributed by atoms with E-state index in [9.17, 15) is 4.79 Å². The number of amides is 1. The molecule has 3 N–H and O–H groups in total. The minimum atomic E-state index is -0.182. The van der Waals surface area contributed by atoms with Crippen LogP contribution in [-0.2, 0) is 4.74 Å². The molecule has 2 unspecified atom stereocenters. The number of hydrogen-bond donors (Lipinski definition) is 2. The average Bonchev–Trinajstić information content (AvgIpc) is 2.81. The Morgan fingerprint density at radius 3 is 3.05 bits per heavy atom. The van der Waals surface area contributed by atoms with E-state index in [-0.39, 0.29) is 18.1 Å². The van der Waals surface area contributed by atoms with Crippen LogP contribution in [0.1, 0.15) is 30.3 Å². The molecule has 0 bridgehead atoms. The van der Waals surface area contributed by atoms with E-state index < -0.39 is 0 Å². The summed E-state index contributed by atoms with van der Waals surface area (Å²) < 4.78 is 11.0. The Bertz CT molecular complexity index is 635.